The molecule has 2 aromatic rings. The van der Waals surface area contributed by atoms with Crippen molar-refractivity contribution < 1.29 is 24.2 Å². The van der Waals surface area contributed by atoms with Gasteiger partial charge in [0.25, 0.3) is 5.91 Å². The number of methoxy groups -OCH3 is 2. The second-order valence-electron chi connectivity index (χ2n) is 5.08. The second-order valence-corrected chi connectivity index (χ2v) is 6.00. The van der Waals surface area contributed by atoms with Crippen molar-refractivity contribution in [2.45, 2.75) is 6.42 Å². The van der Waals surface area contributed by atoms with Crippen LogP contribution in [-0.2, 0) is 11.2 Å². The monoisotopic (exact) mass is 349 g/mol. The summed E-state index contributed by atoms with van der Waals surface area (Å²) in [5, 5.41) is 13.8. The van der Waals surface area contributed by atoms with Crippen molar-refractivity contribution in [2.24, 2.45) is 5.92 Å². The van der Waals surface area contributed by atoms with Crippen LogP contribution in [0.2, 0.25) is 0 Å². The van der Waals surface area contributed by atoms with Crippen molar-refractivity contribution in [2.75, 3.05) is 20.8 Å². The molecule has 7 heteroatoms. The minimum absolute atomic E-state index is 0.0211. The van der Waals surface area contributed by atoms with Crippen LogP contribution < -0.4 is 14.8 Å². The van der Waals surface area contributed by atoms with Gasteiger partial charge in [0, 0.05) is 6.54 Å². The van der Waals surface area contributed by atoms with E-state index in [1.165, 1.54) is 18.4 Å². The van der Waals surface area contributed by atoms with Crippen molar-refractivity contribution in [1.82, 2.24) is 5.32 Å². The van der Waals surface area contributed by atoms with Crippen LogP contribution in [0.4, 0.5) is 0 Å². The number of para-hydroxylation sites is 1. The molecule has 2 rings (SSSR count). The minimum atomic E-state index is -0.973. The van der Waals surface area contributed by atoms with Gasteiger partial charge in [0.2, 0.25) is 0 Å². The summed E-state index contributed by atoms with van der Waals surface area (Å²) in [5.41, 5.74) is 0.787. The SMILES string of the molecule is COc1ccccc1CC(CNC(=O)c1sccc1OC)C(=O)O. The number of ether oxygens (including phenoxy) is 2. The van der Waals surface area contributed by atoms with Gasteiger partial charge in [-0.3, -0.25) is 9.59 Å². The average molecular weight is 349 g/mol. The van der Waals surface area contributed by atoms with E-state index in [1.54, 1.807) is 24.6 Å². The van der Waals surface area contributed by atoms with E-state index in [0.717, 1.165) is 5.56 Å². The van der Waals surface area contributed by atoms with E-state index in [4.69, 9.17) is 9.47 Å². The Morgan fingerprint density at radius 2 is 1.88 bits per heavy atom. The lowest BCUT2D eigenvalue weighted by Crippen LogP contribution is -2.34. The summed E-state index contributed by atoms with van der Waals surface area (Å²) < 4.78 is 10.3. The Kier molecular flexibility index (Phi) is 6.20. The zero-order valence-corrected chi connectivity index (χ0v) is 14.3. The van der Waals surface area contributed by atoms with Gasteiger partial charge in [-0.1, -0.05) is 18.2 Å². The van der Waals surface area contributed by atoms with Crippen molar-refractivity contribution >= 4 is 23.2 Å². The molecule has 1 heterocycles. The van der Waals surface area contributed by atoms with Gasteiger partial charge >= 0.3 is 5.97 Å². The Balaban J connectivity index is 2.04. The number of carboxylic acids is 1. The number of carbonyl (C=O) groups excluding carboxylic acids is 1. The van der Waals surface area contributed by atoms with Gasteiger partial charge in [0.1, 0.15) is 16.4 Å². The summed E-state index contributed by atoms with van der Waals surface area (Å²) >= 11 is 1.25. The maximum Gasteiger partial charge on any atom is 0.308 e. The summed E-state index contributed by atoms with van der Waals surface area (Å²) in [6.45, 7) is 0.0211. The van der Waals surface area contributed by atoms with Crippen molar-refractivity contribution in [3.8, 4) is 11.5 Å². The molecule has 0 radical (unpaired) electrons. The van der Waals surface area contributed by atoms with Crippen LogP contribution in [0, 0.1) is 5.92 Å². The summed E-state index contributed by atoms with van der Waals surface area (Å²) in [6.07, 6.45) is 0.265. The summed E-state index contributed by atoms with van der Waals surface area (Å²) in [6, 6.07) is 8.94. The molecule has 24 heavy (non-hydrogen) atoms. The standard InChI is InChI=1S/C17H19NO5S/c1-22-13-6-4-3-5-11(13)9-12(17(20)21)10-18-16(19)15-14(23-2)7-8-24-15/h3-8,12H,9-10H2,1-2H3,(H,18,19)(H,20,21). The highest BCUT2D eigenvalue weighted by Gasteiger charge is 2.22. The molecule has 0 fully saturated rings. The third kappa shape index (κ3) is 4.26. The number of aliphatic carboxylic acids is 1. The molecule has 0 saturated heterocycles. The molecule has 128 valence electrons. The highest BCUT2D eigenvalue weighted by molar-refractivity contribution is 7.12. The number of hydrogen-bond acceptors (Lipinski definition) is 5. The van der Waals surface area contributed by atoms with E-state index < -0.39 is 11.9 Å². The molecule has 1 amide bonds. The first kappa shape index (κ1) is 17.8. The molecule has 1 aromatic heterocycles. The minimum Gasteiger partial charge on any atom is -0.496 e. The van der Waals surface area contributed by atoms with Gasteiger partial charge in [-0.2, -0.15) is 0 Å². The molecule has 0 spiro atoms. The normalized spacial score (nSPS) is 11.6. The molecule has 2 N–H and O–H groups in total. The van der Waals surface area contributed by atoms with Crippen LogP contribution in [0.5, 0.6) is 11.5 Å². The van der Waals surface area contributed by atoms with Crippen molar-refractivity contribution in [3.05, 3.63) is 46.2 Å². The largest absolute Gasteiger partial charge is 0.496 e. The first-order chi connectivity index (χ1) is 11.6. The third-order valence-corrected chi connectivity index (χ3v) is 4.47. The van der Waals surface area contributed by atoms with Gasteiger partial charge in [-0.15, -0.1) is 11.3 Å². The predicted molar refractivity (Wildman–Crippen MR) is 91.0 cm³/mol. The molecule has 0 aliphatic heterocycles. The third-order valence-electron chi connectivity index (χ3n) is 3.57. The highest BCUT2D eigenvalue weighted by atomic mass is 32.1. The number of hydrogen-bond donors (Lipinski definition) is 2. The lowest BCUT2D eigenvalue weighted by atomic mass is 9.98. The maximum atomic E-state index is 12.2. The fourth-order valence-corrected chi connectivity index (χ4v) is 3.08. The smallest absolute Gasteiger partial charge is 0.308 e. The van der Waals surface area contributed by atoms with Gasteiger partial charge in [-0.05, 0) is 29.5 Å². The predicted octanol–water partition coefficient (Wildman–Crippen LogP) is 2.44. The molecule has 0 aliphatic carbocycles. The Labute approximate surface area is 144 Å². The lowest BCUT2D eigenvalue weighted by molar-refractivity contribution is -0.141. The van der Waals surface area contributed by atoms with Crippen LogP contribution in [0.25, 0.3) is 0 Å². The number of benzene rings is 1. The molecule has 0 bridgehead atoms. The van der Waals surface area contributed by atoms with Crippen molar-refractivity contribution in [1.29, 1.82) is 0 Å². The quantitative estimate of drug-likeness (QED) is 0.765. The van der Waals surface area contributed by atoms with Crippen molar-refractivity contribution in [3.63, 3.8) is 0 Å². The maximum absolute atomic E-state index is 12.2. The van der Waals surface area contributed by atoms with Crippen LogP contribution >= 0.6 is 11.3 Å². The zero-order valence-electron chi connectivity index (χ0n) is 13.4. The van der Waals surface area contributed by atoms with E-state index in [1.807, 2.05) is 18.2 Å². The Morgan fingerprint density at radius 1 is 1.17 bits per heavy atom. The van der Waals surface area contributed by atoms with Crippen LogP contribution in [0.3, 0.4) is 0 Å². The van der Waals surface area contributed by atoms with Crippen LogP contribution in [0.1, 0.15) is 15.2 Å². The number of carboxylic acid groups (broad SMARTS) is 1. The summed E-state index contributed by atoms with van der Waals surface area (Å²) in [4.78, 5) is 24.1. The fraction of sp³-hybridized carbons (Fsp3) is 0.294. The lowest BCUT2D eigenvalue weighted by Gasteiger charge is -2.15. The Morgan fingerprint density at radius 3 is 2.54 bits per heavy atom. The average Bonchev–Trinajstić information content (AvgIpc) is 3.07. The number of nitrogens with one attached hydrogen (secondary N) is 1. The molecule has 1 aromatic carbocycles. The topological polar surface area (TPSA) is 84.9 Å². The van der Waals surface area contributed by atoms with Crippen LogP contribution in [0.15, 0.2) is 35.7 Å². The van der Waals surface area contributed by atoms with Gasteiger partial charge < -0.3 is 19.9 Å². The van der Waals surface area contributed by atoms with Gasteiger partial charge in [0.15, 0.2) is 0 Å². The first-order valence-corrected chi connectivity index (χ1v) is 8.19. The van der Waals surface area contributed by atoms with E-state index in [9.17, 15) is 14.7 Å². The Bertz CT molecular complexity index is 713. The molecular formula is C17H19NO5S. The van der Waals surface area contributed by atoms with Gasteiger partial charge in [-0.25, -0.2) is 0 Å². The molecule has 1 atom stereocenters. The number of rotatable bonds is 8. The van der Waals surface area contributed by atoms with E-state index in [-0.39, 0.29) is 18.9 Å². The van der Waals surface area contributed by atoms with E-state index in [0.29, 0.717) is 16.4 Å². The molecule has 0 aliphatic rings. The zero-order chi connectivity index (χ0) is 17.5. The summed E-state index contributed by atoms with van der Waals surface area (Å²) in [5.74, 6) is -0.951. The molecule has 6 nitrogen and oxygen atoms in total. The van der Waals surface area contributed by atoms with E-state index in [2.05, 4.69) is 5.32 Å². The highest BCUT2D eigenvalue weighted by Crippen LogP contribution is 2.24. The molecular weight excluding hydrogens is 330 g/mol. The van der Waals surface area contributed by atoms with Crippen LogP contribution in [-0.4, -0.2) is 37.7 Å². The fourth-order valence-electron chi connectivity index (χ4n) is 2.30. The number of thiophene rings is 1. The molecule has 0 saturated carbocycles. The van der Waals surface area contributed by atoms with E-state index >= 15 is 0 Å². The Hall–Kier alpha value is -2.54. The van der Waals surface area contributed by atoms with Gasteiger partial charge in [0.05, 0.1) is 20.1 Å². The summed E-state index contributed by atoms with van der Waals surface area (Å²) in [7, 11) is 3.03. The number of amides is 1. The second kappa shape index (κ2) is 8.35. The molecule has 1 unspecified atom stereocenters. The number of carbonyl (C=O) groups is 2. The first-order valence-electron chi connectivity index (χ1n) is 7.31.